The number of amides is 1. The van der Waals surface area contributed by atoms with E-state index in [1.54, 1.807) is 6.33 Å². The average Bonchev–Trinajstić information content (AvgIpc) is 3.39. The second kappa shape index (κ2) is 9.64. The molecule has 9 heteroatoms. The largest absolute Gasteiger partial charge is 0.326 e. The molecule has 31 heavy (non-hydrogen) atoms. The van der Waals surface area contributed by atoms with Crippen LogP contribution in [0.25, 0.3) is 5.69 Å². The predicted molar refractivity (Wildman–Crippen MR) is 126 cm³/mol. The summed E-state index contributed by atoms with van der Waals surface area (Å²) in [7, 11) is 0. The molecule has 0 saturated carbocycles. The highest BCUT2D eigenvalue weighted by atomic mass is 35.5. The van der Waals surface area contributed by atoms with Gasteiger partial charge in [0, 0.05) is 21.8 Å². The molecule has 4 aromatic rings. The van der Waals surface area contributed by atoms with Crippen LogP contribution in [-0.2, 0) is 17.0 Å². The maximum absolute atomic E-state index is 12.3. The third kappa shape index (κ3) is 5.52. The van der Waals surface area contributed by atoms with Gasteiger partial charge in [0.2, 0.25) is 5.91 Å². The number of nitrogens with one attached hydrogen (secondary N) is 1. The first-order chi connectivity index (χ1) is 15.0. The van der Waals surface area contributed by atoms with Gasteiger partial charge in [-0.15, -0.1) is 21.5 Å². The van der Waals surface area contributed by atoms with Crippen molar-refractivity contribution in [1.82, 2.24) is 19.7 Å². The number of carbonyl (C=O) groups is 1. The number of anilines is 1. The normalized spacial score (nSPS) is 10.9. The highest BCUT2D eigenvalue weighted by Crippen LogP contribution is 2.26. The molecule has 2 heterocycles. The molecule has 0 spiro atoms. The van der Waals surface area contributed by atoms with E-state index in [-0.39, 0.29) is 12.3 Å². The predicted octanol–water partition coefficient (Wildman–Crippen LogP) is 5.47. The number of aromatic nitrogens is 4. The van der Waals surface area contributed by atoms with E-state index in [0.717, 1.165) is 38.4 Å². The summed E-state index contributed by atoms with van der Waals surface area (Å²) in [6.07, 6.45) is 1.92. The fourth-order valence-corrected chi connectivity index (χ4v) is 4.74. The van der Waals surface area contributed by atoms with Crippen molar-refractivity contribution in [3.8, 4) is 5.69 Å². The number of carbonyl (C=O) groups excluding carboxylic acids is 1. The van der Waals surface area contributed by atoms with E-state index >= 15 is 0 Å². The Morgan fingerprint density at radius 1 is 1.19 bits per heavy atom. The van der Waals surface area contributed by atoms with Gasteiger partial charge in [-0.2, -0.15) is 0 Å². The Hall–Kier alpha value is -2.68. The lowest BCUT2D eigenvalue weighted by atomic mass is 10.2. The molecule has 0 fully saturated rings. The van der Waals surface area contributed by atoms with Crippen molar-refractivity contribution in [1.29, 1.82) is 0 Å². The molecule has 4 rings (SSSR count). The number of halogens is 1. The minimum Gasteiger partial charge on any atom is -0.326 e. The lowest BCUT2D eigenvalue weighted by Crippen LogP contribution is -2.14. The van der Waals surface area contributed by atoms with Gasteiger partial charge in [-0.3, -0.25) is 9.36 Å². The van der Waals surface area contributed by atoms with Crippen LogP contribution in [0, 0.1) is 13.8 Å². The summed E-state index contributed by atoms with van der Waals surface area (Å²) in [5, 5.41) is 15.4. The molecule has 6 nitrogen and oxygen atoms in total. The van der Waals surface area contributed by atoms with Crippen molar-refractivity contribution in [2.75, 3.05) is 5.32 Å². The fraction of sp³-hybridized carbons (Fsp3) is 0.182. The van der Waals surface area contributed by atoms with Gasteiger partial charge in [0.05, 0.1) is 17.8 Å². The molecule has 0 radical (unpaired) electrons. The van der Waals surface area contributed by atoms with Gasteiger partial charge in [0.15, 0.2) is 5.16 Å². The quantitative estimate of drug-likeness (QED) is 0.363. The Kier molecular flexibility index (Phi) is 6.70. The van der Waals surface area contributed by atoms with Crippen molar-refractivity contribution in [3.63, 3.8) is 0 Å². The first kappa shape index (κ1) is 21.5. The van der Waals surface area contributed by atoms with Crippen LogP contribution >= 0.6 is 34.7 Å². The van der Waals surface area contributed by atoms with Crippen LogP contribution in [0.15, 0.2) is 59.3 Å². The van der Waals surface area contributed by atoms with E-state index in [4.69, 9.17) is 11.6 Å². The smallest absolute Gasteiger partial charge is 0.231 e. The second-order valence-electron chi connectivity index (χ2n) is 7.03. The van der Waals surface area contributed by atoms with E-state index in [1.165, 1.54) is 23.1 Å². The lowest BCUT2D eigenvalue weighted by molar-refractivity contribution is -0.115. The number of hydrogen-bond donors (Lipinski definition) is 1. The highest BCUT2D eigenvalue weighted by Gasteiger charge is 2.12. The number of thiazole rings is 1. The summed E-state index contributed by atoms with van der Waals surface area (Å²) < 4.78 is 1.90. The van der Waals surface area contributed by atoms with Crippen LogP contribution in [0.2, 0.25) is 5.02 Å². The molecule has 158 valence electrons. The van der Waals surface area contributed by atoms with Crippen molar-refractivity contribution >= 4 is 46.3 Å². The third-order valence-electron chi connectivity index (χ3n) is 4.55. The standard InChI is InChI=1S/C22H20ClN5OS2/c1-14-3-6-16(7-4-14)25-20(29)10-21-26-17(11-30-21)12-31-22-27-24-13-28(22)18-8-5-15(2)19(23)9-18/h3-9,11,13H,10,12H2,1-2H3,(H,25,29). The topological polar surface area (TPSA) is 72.7 Å². The van der Waals surface area contributed by atoms with Crippen LogP contribution in [0.4, 0.5) is 5.69 Å². The number of aryl methyl sites for hydroxylation is 2. The summed E-state index contributed by atoms with van der Waals surface area (Å²) in [6.45, 7) is 3.98. The fourth-order valence-electron chi connectivity index (χ4n) is 2.85. The Morgan fingerprint density at radius 3 is 2.77 bits per heavy atom. The molecule has 0 bridgehead atoms. The van der Waals surface area contributed by atoms with Crippen molar-refractivity contribution in [2.24, 2.45) is 0 Å². The number of benzene rings is 2. The molecule has 0 saturated heterocycles. The van der Waals surface area contributed by atoms with Gasteiger partial charge < -0.3 is 5.32 Å². The summed E-state index contributed by atoms with van der Waals surface area (Å²) >= 11 is 9.28. The monoisotopic (exact) mass is 469 g/mol. The van der Waals surface area contributed by atoms with E-state index < -0.39 is 0 Å². The van der Waals surface area contributed by atoms with E-state index in [9.17, 15) is 4.79 Å². The van der Waals surface area contributed by atoms with Gasteiger partial charge in [-0.25, -0.2) is 4.98 Å². The van der Waals surface area contributed by atoms with Crippen LogP contribution in [0.1, 0.15) is 21.8 Å². The number of rotatable bonds is 7. The summed E-state index contributed by atoms with van der Waals surface area (Å²) in [4.78, 5) is 16.9. The molecular formula is C22H20ClN5OS2. The van der Waals surface area contributed by atoms with E-state index in [1.807, 2.05) is 66.3 Å². The lowest BCUT2D eigenvalue weighted by Gasteiger charge is -2.07. The first-order valence-corrected chi connectivity index (χ1v) is 11.8. The molecular weight excluding hydrogens is 450 g/mol. The second-order valence-corrected chi connectivity index (χ2v) is 9.32. The Balaban J connectivity index is 1.36. The molecule has 2 aromatic heterocycles. The molecule has 0 aliphatic rings. The SMILES string of the molecule is Cc1ccc(NC(=O)Cc2nc(CSc3nncn3-c3ccc(C)c(Cl)c3)cs2)cc1. The van der Waals surface area contributed by atoms with Crippen molar-refractivity contribution in [3.05, 3.63) is 81.0 Å². The minimum atomic E-state index is -0.0756. The Morgan fingerprint density at radius 2 is 2.00 bits per heavy atom. The van der Waals surface area contributed by atoms with Gasteiger partial charge in [-0.05, 0) is 43.7 Å². The van der Waals surface area contributed by atoms with E-state index in [2.05, 4.69) is 20.5 Å². The molecule has 2 aromatic carbocycles. The maximum Gasteiger partial charge on any atom is 0.231 e. The van der Waals surface area contributed by atoms with Crippen LogP contribution < -0.4 is 5.32 Å². The molecule has 0 aliphatic carbocycles. The molecule has 1 N–H and O–H groups in total. The van der Waals surface area contributed by atoms with Crippen LogP contribution in [0.3, 0.4) is 0 Å². The average molecular weight is 470 g/mol. The van der Waals surface area contributed by atoms with Crippen molar-refractivity contribution < 1.29 is 4.79 Å². The number of thioether (sulfide) groups is 1. The zero-order valence-electron chi connectivity index (χ0n) is 17.0. The Labute approximate surface area is 193 Å². The minimum absolute atomic E-state index is 0.0756. The zero-order valence-corrected chi connectivity index (χ0v) is 19.4. The van der Waals surface area contributed by atoms with E-state index in [0.29, 0.717) is 10.8 Å². The summed E-state index contributed by atoms with van der Waals surface area (Å²) in [6, 6.07) is 13.6. The van der Waals surface area contributed by atoms with Crippen molar-refractivity contribution in [2.45, 2.75) is 31.2 Å². The maximum atomic E-state index is 12.3. The molecule has 0 aliphatic heterocycles. The highest BCUT2D eigenvalue weighted by molar-refractivity contribution is 7.98. The number of hydrogen-bond acceptors (Lipinski definition) is 6. The Bertz CT molecular complexity index is 1200. The summed E-state index contributed by atoms with van der Waals surface area (Å²) in [5.74, 6) is 0.558. The van der Waals surface area contributed by atoms with Crippen LogP contribution in [0.5, 0.6) is 0 Å². The van der Waals surface area contributed by atoms with Gasteiger partial charge in [-0.1, -0.05) is 47.1 Å². The van der Waals surface area contributed by atoms with Gasteiger partial charge in [0.1, 0.15) is 11.3 Å². The van der Waals surface area contributed by atoms with Gasteiger partial charge in [0.25, 0.3) is 0 Å². The first-order valence-electron chi connectivity index (χ1n) is 9.57. The molecule has 0 unspecified atom stereocenters. The molecule has 0 atom stereocenters. The summed E-state index contributed by atoms with van der Waals surface area (Å²) in [5.41, 5.74) is 4.79. The third-order valence-corrected chi connectivity index (χ3v) is 6.83. The van der Waals surface area contributed by atoms with Gasteiger partial charge >= 0.3 is 0 Å². The number of nitrogens with zero attached hydrogens (tertiary/aromatic N) is 4. The molecule has 1 amide bonds. The van der Waals surface area contributed by atoms with Crippen LogP contribution in [-0.4, -0.2) is 25.7 Å². The zero-order chi connectivity index (χ0) is 21.8.